The minimum Gasteiger partial charge on any atom is -0.383 e. The minimum absolute atomic E-state index is 0.840. The molecule has 2 fully saturated rings. The number of pyridine rings is 1. The lowest BCUT2D eigenvalue weighted by Gasteiger charge is -2.27. The van der Waals surface area contributed by atoms with Crippen molar-refractivity contribution in [1.29, 1.82) is 0 Å². The van der Waals surface area contributed by atoms with Gasteiger partial charge in [-0.1, -0.05) is 0 Å². The van der Waals surface area contributed by atoms with Gasteiger partial charge in [-0.15, -0.1) is 0 Å². The topological polar surface area (TPSA) is 28.2 Å². The van der Waals surface area contributed by atoms with Crippen LogP contribution in [0.15, 0.2) is 18.3 Å². The molecule has 0 aromatic carbocycles. The zero-order valence-corrected chi connectivity index (χ0v) is 12.3. The number of nitrogens with zero attached hydrogens (tertiary/aromatic N) is 2. The largest absolute Gasteiger partial charge is 0.383 e. The average Bonchev–Trinajstić information content (AvgIpc) is 3.00. The second kappa shape index (κ2) is 6.51. The third kappa shape index (κ3) is 3.56. The van der Waals surface area contributed by atoms with Gasteiger partial charge in [0.05, 0.1) is 11.9 Å². The summed E-state index contributed by atoms with van der Waals surface area (Å²) < 4.78 is 0. The van der Waals surface area contributed by atoms with Crippen LogP contribution in [0.5, 0.6) is 0 Å². The fraction of sp³-hybridized carbons (Fsp3) is 0.667. The molecule has 4 heteroatoms. The molecule has 0 bridgehead atoms. The highest BCUT2D eigenvalue weighted by atomic mass is 32.2. The van der Waals surface area contributed by atoms with E-state index in [1.54, 1.807) is 0 Å². The number of hydrogen-bond donors (Lipinski definition) is 1. The predicted octanol–water partition coefficient (Wildman–Crippen LogP) is 3.24. The summed E-state index contributed by atoms with van der Waals surface area (Å²) in [6, 6.07) is 4.34. The molecule has 0 saturated carbocycles. The average molecular weight is 277 g/mol. The SMILES string of the molecule is c1cc(N2CCCCC2)ncc1NCC1CCSC1. The Labute approximate surface area is 120 Å². The first-order valence-electron chi connectivity index (χ1n) is 7.44. The maximum absolute atomic E-state index is 4.61. The molecule has 0 radical (unpaired) electrons. The normalized spacial score (nSPS) is 23.6. The number of piperidine rings is 1. The molecule has 1 N–H and O–H groups in total. The first kappa shape index (κ1) is 13.1. The summed E-state index contributed by atoms with van der Waals surface area (Å²) in [4.78, 5) is 7.01. The molecule has 1 unspecified atom stereocenters. The van der Waals surface area contributed by atoms with E-state index in [2.05, 4.69) is 39.1 Å². The summed E-state index contributed by atoms with van der Waals surface area (Å²) in [5, 5.41) is 3.52. The first-order chi connectivity index (χ1) is 9.42. The summed E-state index contributed by atoms with van der Waals surface area (Å²) in [6.45, 7) is 3.43. The van der Waals surface area contributed by atoms with Crippen LogP contribution in [0, 0.1) is 5.92 Å². The minimum atomic E-state index is 0.840. The Bertz CT molecular complexity index is 381. The lowest BCUT2D eigenvalue weighted by molar-refractivity contribution is 0.573. The maximum atomic E-state index is 4.61. The van der Waals surface area contributed by atoms with E-state index in [0.717, 1.165) is 24.0 Å². The summed E-state index contributed by atoms with van der Waals surface area (Å²) in [6.07, 6.45) is 7.33. The quantitative estimate of drug-likeness (QED) is 0.914. The molecule has 3 nitrogen and oxygen atoms in total. The molecule has 2 saturated heterocycles. The van der Waals surface area contributed by atoms with Crippen LogP contribution in [-0.4, -0.2) is 36.1 Å². The smallest absolute Gasteiger partial charge is 0.128 e. The van der Waals surface area contributed by atoms with E-state index in [1.165, 1.54) is 50.3 Å². The van der Waals surface area contributed by atoms with Gasteiger partial charge in [0, 0.05) is 19.6 Å². The highest BCUT2D eigenvalue weighted by molar-refractivity contribution is 7.99. The molecule has 0 spiro atoms. The molecule has 2 aliphatic heterocycles. The Kier molecular flexibility index (Phi) is 4.49. The third-order valence-electron chi connectivity index (χ3n) is 4.05. The van der Waals surface area contributed by atoms with Gasteiger partial charge < -0.3 is 10.2 Å². The van der Waals surface area contributed by atoms with Crippen molar-refractivity contribution in [2.75, 3.05) is 41.4 Å². The van der Waals surface area contributed by atoms with Gasteiger partial charge in [0.2, 0.25) is 0 Å². The summed E-state index contributed by atoms with van der Waals surface area (Å²) in [5.41, 5.74) is 1.16. The van der Waals surface area contributed by atoms with E-state index >= 15 is 0 Å². The molecule has 3 heterocycles. The second-order valence-electron chi connectivity index (χ2n) is 5.56. The highest BCUT2D eigenvalue weighted by Crippen LogP contribution is 2.24. The maximum Gasteiger partial charge on any atom is 0.128 e. The van der Waals surface area contributed by atoms with Crippen LogP contribution in [-0.2, 0) is 0 Å². The Hall–Kier alpha value is -0.900. The van der Waals surface area contributed by atoms with Gasteiger partial charge in [0.25, 0.3) is 0 Å². The molecule has 2 aliphatic rings. The Morgan fingerprint density at radius 3 is 2.84 bits per heavy atom. The van der Waals surface area contributed by atoms with Crippen LogP contribution in [0.2, 0.25) is 0 Å². The van der Waals surface area contributed by atoms with Gasteiger partial charge in [0.15, 0.2) is 0 Å². The summed E-state index contributed by atoms with van der Waals surface area (Å²) in [5.74, 6) is 4.62. The first-order valence-corrected chi connectivity index (χ1v) is 8.60. The standard InChI is InChI=1S/C15H23N3S/c1-2-7-18(8-3-1)15-5-4-14(11-17-15)16-10-13-6-9-19-12-13/h4-5,11,13,16H,1-3,6-10,12H2. The Morgan fingerprint density at radius 2 is 2.16 bits per heavy atom. The molecule has 1 aromatic heterocycles. The summed E-state index contributed by atoms with van der Waals surface area (Å²) >= 11 is 2.08. The van der Waals surface area contributed by atoms with Crippen molar-refractivity contribution in [2.24, 2.45) is 5.92 Å². The molecular formula is C15H23N3S. The van der Waals surface area contributed by atoms with Crippen molar-refractivity contribution >= 4 is 23.3 Å². The Balaban J connectivity index is 1.52. The lowest BCUT2D eigenvalue weighted by Crippen LogP contribution is -2.30. The second-order valence-corrected chi connectivity index (χ2v) is 6.71. The van der Waals surface area contributed by atoms with Crippen molar-refractivity contribution in [2.45, 2.75) is 25.7 Å². The molecule has 0 amide bonds. The van der Waals surface area contributed by atoms with Crippen molar-refractivity contribution in [3.8, 4) is 0 Å². The van der Waals surface area contributed by atoms with Crippen LogP contribution in [0.4, 0.5) is 11.5 Å². The lowest BCUT2D eigenvalue weighted by atomic mass is 10.1. The molecule has 1 aromatic rings. The van der Waals surface area contributed by atoms with Crippen molar-refractivity contribution < 1.29 is 0 Å². The molecule has 19 heavy (non-hydrogen) atoms. The highest BCUT2D eigenvalue weighted by Gasteiger charge is 2.15. The van der Waals surface area contributed by atoms with E-state index in [0.29, 0.717) is 0 Å². The van der Waals surface area contributed by atoms with Crippen LogP contribution < -0.4 is 10.2 Å². The van der Waals surface area contributed by atoms with E-state index in [4.69, 9.17) is 0 Å². The molecule has 104 valence electrons. The number of nitrogens with one attached hydrogen (secondary N) is 1. The van der Waals surface area contributed by atoms with E-state index < -0.39 is 0 Å². The summed E-state index contributed by atoms with van der Waals surface area (Å²) in [7, 11) is 0. The number of rotatable bonds is 4. The monoisotopic (exact) mass is 277 g/mol. The van der Waals surface area contributed by atoms with E-state index in [-0.39, 0.29) is 0 Å². The van der Waals surface area contributed by atoms with Gasteiger partial charge in [-0.05, 0) is 55.2 Å². The third-order valence-corrected chi connectivity index (χ3v) is 5.28. The van der Waals surface area contributed by atoms with Gasteiger partial charge in [-0.2, -0.15) is 11.8 Å². The zero-order valence-electron chi connectivity index (χ0n) is 11.5. The van der Waals surface area contributed by atoms with Crippen LogP contribution in [0.25, 0.3) is 0 Å². The van der Waals surface area contributed by atoms with Gasteiger partial charge in [-0.3, -0.25) is 0 Å². The van der Waals surface area contributed by atoms with E-state index in [1.807, 2.05) is 6.20 Å². The number of aromatic nitrogens is 1. The van der Waals surface area contributed by atoms with Gasteiger partial charge in [-0.25, -0.2) is 4.98 Å². The van der Waals surface area contributed by atoms with Crippen LogP contribution in [0.1, 0.15) is 25.7 Å². The van der Waals surface area contributed by atoms with Gasteiger partial charge >= 0.3 is 0 Å². The van der Waals surface area contributed by atoms with E-state index in [9.17, 15) is 0 Å². The number of thioether (sulfide) groups is 1. The van der Waals surface area contributed by atoms with Crippen LogP contribution >= 0.6 is 11.8 Å². The van der Waals surface area contributed by atoms with Crippen molar-refractivity contribution in [1.82, 2.24) is 4.98 Å². The van der Waals surface area contributed by atoms with Crippen LogP contribution in [0.3, 0.4) is 0 Å². The fourth-order valence-corrected chi connectivity index (χ4v) is 4.09. The molecule has 0 aliphatic carbocycles. The number of anilines is 2. The number of hydrogen-bond acceptors (Lipinski definition) is 4. The van der Waals surface area contributed by atoms with Crippen molar-refractivity contribution in [3.63, 3.8) is 0 Å². The fourth-order valence-electron chi connectivity index (χ4n) is 2.81. The molecule has 3 rings (SSSR count). The Morgan fingerprint density at radius 1 is 1.26 bits per heavy atom. The zero-order chi connectivity index (χ0) is 12.9. The molecule has 1 atom stereocenters. The van der Waals surface area contributed by atoms with Gasteiger partial charge in [0.1, 0.15) is 5.82 Å². The van der Waals surface area contributed by atoms with Crippen molar-refractivity contribution in [3.05, 3.63) is 18.3 Å². The predicted molar refractivity (Wildman–Crippen MR) is 84.2 cm³/mol. The molecular weight excluding hydrogens is 254 g/mol.